The molecule has 0 fully saturated rings. The molecule has 0 radical (unpaired) electrons. The first-order valence-electron chi connectivity index (χ1n) is 15.2. The molecule has 0 aliphatic heterocycles. The molecule has 0 aliphatic rings. The van der Waals surface area contributed by atoms with E-state index in [1.54, 1.807) is 48.5 Å². The second-order valence-electron chi connectivity index (χ2n) is 10.7. The lowest BCUT2D eigenvalue weighted by atomic mass is 10.1. The third-order valence-electron chi connectivity index (χ3n) is 7.12. The lowest BCUT2D eigenvalue weighted by molar-refractivity contribution is -0.156. The van der Waals surface area contributed by atoms with E-state index in [1.165, 1.54) is 56.3 Å². The number of ether oxygens (including phenoxy) is 1. The topological polar surface area (TPSA) is 95.9 Å². The predicted octanol–water partition coefficient (Wildman–Crippen LogP) is 7.74. The summed E-state index contributed by atoms with van der Waals surface area (Å²) >= 11 is 0. The van der Waals surface area contributed by atoms with Gasteiger partial charge in [0.2, 0.25) is 0 Å². The largest absolute Gasteiger partial charge is 0.474 e. The second kappa shape index (κ2) is 18.3. The Morgan fingerprint density at radius 3 is 1.93 bits per heavy atom. The van der Waals surface area contributed by atoms with Gasteiger partial charge in [-0.05, 0) is 53.9 Å². The van der Waals surface area contributed by atoms with Gasteiger partial charge >= 0.3 is 11.9 Å². The van der Waals surface area contributed by atoms with E-state index < -0.39 is 11.9 Å². The summed E-state index contributed by atoms with van der Waals surface area (Å²) in [6, 6.07) is 23.5. The second-order valence-corrected chi connectivity index (χ2v) is 10.7. The van der Waals surface area contributed by atoms with Crippen molar-refractivity contribution in [3.8, 4) is 11.5 Å². The smallest absolute Gasteiger partial charge is 0.394 e. The number of nitrogens with one attached hydrogen (secondary N) is 1. The van der Waals surface area contributed by atoms with Crippen LogP contribution in [0.15, 0.2) is 78.9 Å². The molecule has 2 amide bonds. The summed E-state index contributed by atoms with van der Waals surface area (Å²) in [6.07, 6.45) is 12.4. The van der Waals surface area contributed by atoms with Crippen molar-refractivity contribution in [2.24, 2.45) is 0 Å². The van der Waals surface area contributed by atoms with Crippen LogP contribution in [0.3, 0.4) is 0 Å². The first-order chi connectivity index (χ1) is 20.5. The molecule has 0 atom stereocenters. The molecule has 2 N–H and O–H groups in total. The van der Waals surface area contributed by atoms with Gasteiger partial charge in [0.15, 0.2) is 0 Å². The molecule has 224 valence electrons. The van der Waals surface area contributed by atoms with E-state index in [4.69, 9.17) is 4.74 Å². The number of hydrogen-bond acceptors (Lipinski definition) is 4. The molecule has 42 heavy (non-hydrogen) atoms. The molecule has 3 rings (SSSR count). The fourth-order valence-electron chi connectivity index (χ4n) is 4.79. The Balaban J connectivity index is 1.48. The lowest BCUT2D eigenvalue weighted by Gasteiger charge is -2.21. The summed E-state index contributed by atoms with van der Waals surface area (Å²) in [6.45, 7) is 3.02. The number of nitrogens with zero attached hydrogens (tertiary/aromatic N) is 1. The Morgan fingerprint density at radius 1 is 0.690 bits per heavy atom. The van der Waals surface area contributed by atoms with Gasteiger partial charge in [0, 0.05) is 25.2 Å². The van der Waals surface area contributed by atoms with Crippen LogP contribution in [0, 0.1) is 0 Å². The fourth-order valence-corrected chi connectivity index (χ4v) is 4.79. The van der Waals surface area contributed by atoms with Gasteiger partial charge in [0.05, 0.1) is 0 Å². The summed E-state index contributed by atoms with van der Waals surface area (Å²) in [5.74, 6) is -1.35. The van der Waals surface area contributed by atoms with Crippen LogP contribution in [0.2, 0.25) is 0 Å². The Labute approximate surface area is 249 Å². The minimum atomic E-state index is -1.52. The van der Waals surface area contributed by atoms with Gasteiger partial charge in [-0.25, -0.2) is 4.79 Å². The molecule has 0 bridgehead atoms. The zero-order valence-electron chi connectivity index (χ0n) is 24.7. The lowest BCUT2D eigenvalue weighted by Crippen LogP contribution is -2.35. The van der Waals surface area contributed by atoms with Crippen LogP contribution < -0.4 is 10.1 Å². The molecule has 0 unspecified atom stereocenters. The standard InChI is InChI=1S/C35H44N2O5/c1-2-3-4-5-6-7-8-9-10-14-24-36-33(38)30-17-15-16-29(25-30)27-37(34(39)35(40)41)26-28-20-22-32(23-21-28)42-31-18-12-11-13-19-31/h11-13,15-23,25H,2-10,14,24,26-27H2,1H3,(H,36,38)(H,40,41). The van der Waals surface area contributed by atoms with Gasteiger partial charge in [-0.15, -0.1) is 0 Å². The number of carboxylic acids is 1. The Hall–Kier alpha value is -4.13. The average Bonchev–Trinajstić information content (AvgIpc) is 3.00. The number of carbonyl (C=O) groups excluding carboxylic acids is 2. The van der Waals surface area contributed by atoms with Crippen molar-refractivity contribution in [1.82, 2.24) is 10.2 Å². The van der Waals surface area contributed by atoms with Gasteiger partial charge in [0.25, 0.3) is 5.91 Å². The SMILES string of the molecule is CCCCCCCCCCCCNC(=O)c1cccc(CN(Cc2ccc(Oc3ccccc3)cc2)C(=O)C(=O)O)c1. The highest BCUT2D eigenvalue weighted by Gasteiger charge is 2.22. The Bertz CT molecular complexity index is 1240. The van der Waals surface area contributed by atoms with E-state index in [1.807, 2.05) is 30.3 Å². The molecule has 0 saturated heterocycles. The van der Waals surface area contributed by atoms with Crippen LogP contribution in [-0.2, 0) is 22.7 Å². The Kier molecular flexibility index (Phi) is 14.1. The van der Waals surface area contributed by atoms with Crippen LogP contribution in [0.1, 0.15) is 92.6 Å². The molecule has 0 saturated carbocycles. The van der Waals surface area contributed by atoms with E-state index in [-0.39, 0.29) is 19.0 Å². The number of hydrogen-bond donors (Lipinski definition) is 2. The van der Waals surface area contributed by atoms with Gasteiger partial charge in [-0.3, -0.25) is 9.59 Å². The minimum Gasteiger partial charge on any atom is -0.474 e. The summed E-state index contributed by atoms with van der Waals surface area (Å²) in [4.78, 5) is 38.1. The van der Waals surface area contributed by atoms with Crippen molar-refractivity contribution in [2.75, 3.05) is 6.54 Å². The zero-order valence-corrected chi connectivity index (χ0v) is 24.7. The molecule has 0 aliphatic carbocycles. The van der Waals surface area contributed by atoms with Crippen LogP contribution >= 0.6 is 0 Å². The van der Waals surface area contributed by atoms with Crippen molar-refractivity contribution in [3.63, 3.8) is 0 Å². The van der Waals surface area contributed by atoms with E-state index >= 15 is 0 Å². The average molecular weight is 573 g/mol. The maximum absolute atomic E-state index is 12.7. The number of rotatable bonds is 18. The molecule has 7 nitrogen and oxygen atoms in total. The van der Waals surface area contributed by atoms with Crippen molar-refractivity contribution in [3.05, 3.63) is 95.6 Å². The monoisotopic (exact) mass is 572 g/mol. The number of benzene rings is 3. The summed E-state index contributed by atoms with van der Waals surface area (Å²) in [7, 11) is 0. The number of carbonyl (C=O) groups is 3. The van der Waals surface area contributed by atoms with Crippen LogP contribution in [0.4, 0.5) is 0 Å². The summed E-state index contributed by atoms with van der Waals surface area (Å²) in [5, 5.41) is 12.4. The molecule has 3 aromatic carbocycles. The van der Waals surface area contributed by atoms with Crippen LogP contribution in [0.5, 0.6) is 11.5 Å². The normalized spacial score (nSPS) is 10.7. The van der Waals surface area contributed by atoms with Crippen molar-refractivity contribution >= 4 is 17.8 Å². The van der Waals surface area contributed by atoms with Crippen LogP contribution in [0.25, 0.3) is 0 Å². The highest BCUT2D eigenvalue weighted by molar-refractivity contribution is 6.31. The quantitative estimate of drug-likeness (QED) is 0.120. The maximum Gasteiger partial charge on any atom is 0.394 e. The number of aliphatic carboxylic acids is 1. The predicted molar refractivity (Wildman–Crippen MR) is 165 cm³/mol. The van der Waals surface area contributed by atoms with E-state index in [2.05, 4.69) is 12.2 Å². The van der Waals surface area contributed by atoms with E-state index in [0.29, 0.717) is 29.2 Å². The molecule has 0 heterocycles. The first kappa shape index (κ1) is 32.4. The Morgan fingerprint density at radius 2 is 1.29 bits per heavy atom. The van der Waals surface area contributed by atoms with Crippen molar-refractivity contribution in [2.45, 2.75) is 84.2 Å². The first-order valence-corrected chi connectivity index (χ1v) is 15.2. The summed E-state index contributed by atoms with van der Waals surface area (Å²) < 4.78 is 5.81. The zero-order chi connectivity index (χ0) is 30.0. The molecule has 3 aromatic rings. The number of para-hydroxylation sites is 1. The van der Waals surface area contributed by atoms with Crippen molar-refractivity contribution < 1.29 is 24.2 Å². The number of amides is 2. The highest BCUT2D eigenvalue weighted by Crippen LogP contribution is 2.22. The van der Waals surface area contributed by atoms with Gasteiger partial charge in [0.1, 0.15) is 11.5 Å². The summed E-state index contributed by atoms with van der Waals surface area (Å²) in [5.41, 5.74) is 1.93. The third-order valence-corrected chi connectivity index (χ3v) is 7.12. The highest BCUT2D eigenvalue weighted by atomic mass is 16.5. The van der Waals surface area contributed by atoms with Gasteiger partial charge in [-0.2, -0.15) is 0 Å². The molecular weight excluding hydrogens is 528 g/mol. The molecule has 0 spiro atoms. The third kappa shape index (κ3) is 11.8. The van der Waals surface area contributed by atoms with E-state index in [0.717, 1.165) is 18.4 Å². The molecule has 7 heteroatoms. The maximum atomic E-state index is 12.7. The fraction of sp³-hybridized carbons (Fsp3) is 0.400. The number of carboxylic acid groups (broad SMARTS) is 1. The van der Waals surface area contributed by atoms with Gasteiger partial charge < -0.3 is 20.1 Å². The minimum absolute atomic E-state index is 0.0625. The number of unbranched alkanes of at least 4 members (excludes halogenated alkanes) is 9. The van der Waals surface area contributed by atoms with Gasteiger partial charge in [-0.1, -0.05) is 107 Å². The van der Waals surface area contributed by atoms with Crippen molar-refractivity contribution in [1.29, 1.82) is 0 Å². The molecular formula is C35H44N2O5. The van der Waals surface area contributed by atoms with E-state index in [9.17, 15) is 19.5 Å². The van der Waals surface area contributed by atoms with Crippen LogP contribution in [-0.4, -0.2) is 34.3 Å². The molecule has 0 aromatic heterocycles.